The Labute approximate surface area is 85.7 Å². The van der Waals surface area contributed by atoms with Crippen LogP contribution in [0.3, 0.4) is 0 Å². The third-order valence-corrected chi connectivity index (χ3v) is 2.68. The number of Topliss-reactive ketones (excluding diaryl/α,β-unsaturated/α-hetero) is 1. The number of ketones is 1. The maximum absolute atomic E-state index is 11.8. The molecule has 0 unspecified atom stereocenters. The lowest BCUT2D eigenvalue weighted by Crippen LogP contribution is -2.05. The van der Waals surface area contributed by atoms with Gasteiger partial charge in [0.05, 0.1) is 5.69 Å². The van der Waals surface area contributed by atoms with E-state index in [9.17, 15) is 4.79 Å². The predicted octanol–water partition coefficient (Wildman–Crippen LogP) is 3.17. The third kappa shape index (κ3) is 2.06. The quantitative estimate of drug-likeness (QED) is 0.735. The lowest BCUT2D eigenvalue weighted by atomic mass is 10.0. The summed E-state index contributed by atoms with van der Waals surface area (Å²) in [6.07, 6.45) is 0.625. The smallest absolute Gasteiger partial charge is 0.179 e. The predicted molar refractivity (Wildman–Crippen MR) is 58.8 cm³/mol. The highest BCUT2D eigenvalue weighted by molar-refractivity contribution is 5.96. The summed E-state index contributed by atoms with van der Waals surface area (Å²) < 4.78 is 0. The van der Waals surface area contributed by atoms with Gasteiger partial charge in [-0.2, -0.15) is 0 Å². The zero-order valence-corrected chi connectivity index (χ0v) is 9.69. The van der Waals surface area contributed by atoms with Crippen LogP contribution in [0.5, 0.6) is 0 Å². The zero-order chi connectivity index (χ0) is 10.9. The lowest BCUT2D eigenvalue weighted by Gasteiger charge is -2.03. The Kier molecular flexibility index (Phi) is 3.14. The summed E-state index contributed by atoms with van der Waals surface area (Å²) in [5.74, 6) is 0.652. The standard InChI is InChI=1S/C12H19NO/c1-7(2)6-11(14)12-9(4)8(3)10(5)13-12/h7,13H,6H2,1-5H3. The first kappa shape index (κ1) is 11.0. The summed E-state index contributed by atoms with van der Waals surface area (Å²) in [7, 11) is 0. The molecule has 14 heavy (non-hydrogen) atoms. The van der Waals surface area contributed by atoms with Crippen LogP contribution in [0.4, 0.5) is 0 Å². The molecular weight excluding hydrogens is 174 g/mol. The SMILES string of the molecule is Cc1[nH]c(C(=O)CC(C)C)c(C)c1C. The van der Waals surface area contributed by atoms with Gasteiger partial charge in [-0.3, -0.25) is 4.79 Å². The fraction of sp³-hybridized carbons (Fsp3) is 0.583. The second-order valence-electron chi connectivity index (χ2n) is 4.40. The second-order valence-corrected chi connectivity index (χ2v) is 4.40. The van der Waals surface area contributed by atoms with E-state index < -0.39 is 0 Å². The van der Waals surface area contributed by atoms with E-state index in [-0.39, 0.29) is 5.78 Å². The van der Waals surface area contributed by atoms with Gasteiger partial charge in [0.15, 0.2) is 5.78 Å². The molecule has 0 spiro atoms. The van der Waals surface area contributed by atoms with Gasteiger partial charge in [0.1, 0.15) is 0 Å². The molecule has 0 atom stereocenters. The molecule has 0 aliphatic heterocycles. The summed E-state index contributed by atoms with van der Waals surface area (Å²) in [6, 6.07) is 0. The number of hydrogen-bond acceptors (Lipinski definition) is 1. The molecule has 0 aromatic carbocycles. The molecule has 1 aromatic rings. The monoisotopic (exact) mass is 193 g/mol. The van der Waals surface area contributed by atoms with Crippen molar-refractivity contribution in [2.75, 3.05) is 0 Å². The topological polar surface area (TPSA) is 32.9 Å². The van der Waals surface area contributed by atoms with Crippen molar-refractivity contribution in [2.45, 2.75) is 41.0 Å². The van der Waals surface area contributed by atoms with E-state index in [2.05, 4.69) is 18.8 Å². The molecule has 2 heteroatoms. The maximum Gasteiger partial charge on any atom is 0.179 e. The number of H-pyrrole nitrogens is 1. The highest BCUT2D eigenvalue weighted by atomic mass is 16.1. The van der Waals surface area contributed by atoms with Crippen molar-refractivity contribution in [1.82, 2.24) is 4.98 Å². The number of aryl methyl sites for hydroxylation is 1. The van der Waals surface area contributed by atoms with E-state index in [1.807, 2.05) is 20.8 Å². The van der Waals surface area contributed by atoms with E-state index in [0.29, 0.717) is 12.3 Å². The van der Waals surface area contributed by atoms with Gasteiger partial charge in [-0.05, 0) is 37.8 Å². The molecule has 0 radical (unpaired) electrons. The van der Waals surface area contributed by atoms with Crippen LogP contribution in [-0.4, -0.2) is 10.8 Å². The summed E-state index contributed by atoms with van der Waals surface area (Å²) in [6.45, 7) is 10.2. The molecule has 1 heterocycles. The number of hydrogen-bond donors (Lipinski definition) is 1. The summed E-state index contributed by atoms with van der Waals surface area (Å²) in [5, 5.41) is 0. The van der Waals surface area contributed by atoms with Crippen molar-refractivity contribution in [1.29, 1.82) is 0 Å². The van der Waals surface area contributed by atoms with Crippen LogP contribution < -0.4 is 0 Å². The van der Waals surface area contributed by atoms with Gasteiger partial charge in [-0.25, -0.2) is 0 Å². The Morgan fingerprint density at radius 3 is 2.14 bits per heavy atom. The maximum atomic E-state index is 11.8. The number of aromatic amines is 1. The van der Waals surface area contributed by atoms with Gasteiger partial charge in [-0.1, -0.05) is 13.8 Å². The Morgan fingerprint density at radius 2 is 1.79 bits per heavy atom. The Hall–Kier alpha value is -1.05. The minimum Gasteiger partial charge on any atom is -0.356 e. The molecule has 0 aliphatic rings. The van der Waals surface area contributed by atoms with Crippen molar-refractivity contribution in [2.24, 2.45) is 5.92 Å². The van der Waals surface area contributed by atoms with Crippen LogP contribution in [0.25, 0.3) is 0 Å². The number of aromatic nitrogens is 1. The Balaban J connectivity index is 2.96. The van der Waals surface area contributed by atoms with E-state index in [0.717, 1.165) is 17.0 Å². The first-order chi connectivity index (χ1) is 6.43. The summed E-state index contributed by atoms with van der Waals surface area (Å²) >= 11 is 0. The Morgan fingerprint density at radius 1 is 1.21 bits per heavy atom. The van der Waals surface area contributed by atoms with E-state index in [1.54, 1.807) is 0 Å². The van der Waals surface area contributed by atoms with Gasteiger partial charge in [0.25, 0.3) is 0 Å². The van der Waals surface area contributed by atoms with Crippen molar-refractivity contribution in [3.63, 3.8) is 0 Å². The highest BCUT2D eigenvalue weighted by Gasteiger charge is 2.15. The van der Waals surface area contributed by atoms with Crippen molar-refractivity contribution < 1.29 is 4.79 Å². The van der Waals surface area contributed by atoms with Gasteiger partial charge in [0.2, 0.25) is 0 Å². The van der Waals surface area contributed by atoms with Crippen LogP contribution >= 0.6 is 0 Å². The molecule has 0 aliphatic carbocycles. The summed E-state index contributed by atoms with van der Waals surface area (Å²) in [4.78, 5) is 15.0. The van der Waals surface area contributed by atoms with Crippen molar-refractivity contribution in [3.8, 4) is 0 Å². The van der Waals surface area contributed by atoms with Gasteiger partial charge in [0, 0.05) is 12.1 Å². The average molecular weight is 193 g/mol. The number of nitrogens with one attached hydrogen (secondary N) is 1. The molecule has 0 saturated heterocycles. The molecule has 2 nitrogen and oxygen atoms in total. The van der Waals surface area contributed by atoms with Crippen LogP contribution in [0.15, 0.2) is 0 Å². The van der Waals surface area contributed by atoms with Crippen molar-refractivity contribution >= 4 is 5.78 Å². The molecule has 0 amide bonds. The number of carbonyl (C=O) groups excluding carboxylic acids is 1. The average Bonchev–Trinajstić information content (AvgIpc) is 2.32. The molecule has 78 valence electrons. The first-order valence-electron chi connectivity index (χ1n) is 5.12. The van der Waals surface area contributed by atoms with Crippen molar-refractivity contribution in [3.05, 3.63) is 22.5 Å². The number of rotatable bonds is 3. The van der Waals surface area contributed by atoms with Gasteiger partial charge in [-0.15, -0.1) is 0 Å². The third-order valence-electron chi connectivity index (χ3n) is 2.68. The van der Waals surface area contributed by atoms with Crippen LogP contribution in [0.1, 0.15) is 47.6 Å². The van der Waals surface area contributed by atoms with E-state index >= 15 is 0 Å². The molecule has 0 fully saturated rings. The normalized spacial score (nSPS) is 11.0. The van der Waals surface area contributed by atoms with Crippen LogP contribution in [0.2, 0.25) is 0 Å². The molecule has 0 bridgehead atoms. The largest absolute Gasteiger partial charge is 0.356 e. The zero-order valence-electron chi connectivity index (χ0n) is 9.69. The molecule has 1 N–H and O–H groups in total. The van der Waals surface area contributed by atoms with Gasteiger partial charge < -0.3 is 4.98 Å². The fourth-order valence-electron chi connectivity index (χ4n) is 1.60. The molecule has 1 rings (SSSR count). The van der Waals surface area contributed by atoms with E-state index in [4.69, 9.17) is 0 Å². The van der Waals surface area contributed by atoms with Crippen LogP contribution in [0, 0.1) is 26.7 Å². The van der Waals surface area contributed by atoms with Gasteiger partial charge >= 0.3 is 0 Å². The molecule has 0 saturated carbocycles. The second kappa shape index (κ2) is 3.99. The lowest BCUT2D eigenvalue weighted by molar-refractivity contribution is 0.0963. The first-order valence-corrected chi connectivity index (χ1v) is 5.12. The summed E-state index contributed by atoms with van der Waals surface area (Å²) in [5.41, 5.74) is 4.22. The van der Waals surface area contributed by atoms with Crippen LogP contribution in [-0.2, 0) is 0 Å². The minimum atomic E-state index is 0.230. The highest BCUT2D eigenvalue weighted by Crippen LogP contribution is 2.19. The minimum absolute atomic E-state index is 0.230. The van der Waals surface area contributed by atoms with E-state index in [1.165, 1.54) is 5.56 Å². The molecular formula is C12H19NO. The molecule has 1 aromatic heterocycles. The Bertz CT molecular complexity index is 347. The number of carbonyl (C=O) groups is 1. The fourth-order valence-corrected chi connectivity index (χ4v) is 1.60.